The van der Waals surface area contributed by atoms with E-state index in [1.807, 2.05) is 25.1 Å². The molecule has 1 aliphatic rings. The second-order valence-corrected chi connectivity index (χ2v) is 5.94. The van der Waals surface area contributed by atoms with Gasteiger partial charge in [0.15, 0.2) is 5.84 Å². The van der Waals surface area contributed by atoms with E-state index in [4.69, 9.17) is 4.42 Å². The predicted molar refractivity (Wildman–Crippen MR) is 98.3 cm³/mol. The van der Waals surface area contributed by atoms with E-state index in [2.05, 4.69) is 4.99 Å². The molecule has 4 rings (SSSR count). The molecular formula is C21H15FN2O2. The molecule has 4 nitrogen and oxygen atoms in total. The normalized spacial score (nSPS) is 15.6. The monoisotopic (exact) mass is 346 g/mol. The topological polar surface area (TPSA) is 45.8 Å². The summed E-state index contributed by atoms with van der Waals surface area (Å²) in [5.74, 6) is 0.00814. The number of rotatable bonds is 3. The Kier molecular flexibility index (Phi) is 3.97. The average molecular weight is 346 g/mol. The van der Waals surface area contributed by atoms with Crippen LogP contribution in [0.15, 0.2) is 82.0 Å². The number of carbonyl (C=O) groups is 1. The number of nitrogens with zero attached hydrogens (tertiary/aromatic N) is 2. The SMILES string of the molecule is Cc1cccc(N2C(=O)/C(=C\c3ccco3)N=C2c2ccccc2F)c1. The summed E-state index contributed by atoms with van der Waals surface area (Å²) in [5.41, 5.74) is 2.09. The zero-order valence-corrected chi connectivity index (χ0v) is 14.0. The van der Waals surface area contributed by atoms with Crippen molar-refractivity contribution in [1.29, 1.82) is 0 Å². The van der Waals surface area contributed by atoms with E-state index < -0.39 is 5.82 Å². The van der Waals surface area contributed by atoms with E-state index in [0.717, 1.165) is 5.56 Å². The molecule has 128 valence electrons. The summed E-state index contributed by atoms with van der Waals surface area (Å²) in [6.45, 7) is 1.93. The number of anilines is 1. The molecule has 0 saturated heterocycles. The third kappa shape index (κ3) is 2.84. The zero-order chi connectivity index (χ0) is 18.1. The molecule has 0 unspecified atom stereocenters. The largest absolute Gasteiger partial charge is 0.465 e. The second-order valence-electron chi connectivity index (χ2n) is 5.94. The summed E-state index contributed by atoms with van der Waals surface area (Å²) < 4.78 is 19.7. The van der Waals surface area contributed by atoms with E-state index in [0.29, 0.717) is 11.4 Å². The number of halogens is 1. The molecule has 26 heavy (non-hydrogen) atoms. The van der Waals surface area contributed by atoms with Gasteiger partial charge in [0.05, 0.1) is 17.5 Å². The molecule has 0 aliphatic carbocycles. The van der Waals surface area contributed by atoms with E-state index in [1.165, 1.54) is 17.2 Å². The first-order valence-corrected chi connectivity index (χ1v) is 8.13. The summed E-state index contributed by atoms with van der Waals surface area (Å²) in [5, 5.41) is 0. The van der Waals surface area contributed by atoms with Gasteiger partial charge in [0.25, 0.3) is 5.91 Å². The van der Waals surface area contributed by atoms with Crippen molar-refractivity contribution in [2.45, 2.75) is 6.92 Å². The smallest absolute Gasteiger partial charge is 0.282 e. The molecule has 0 N–H and O–H groups in total. The lowest BCUT2D eigenvalue weighted by Crippen LogP contribution is -2.33. The van der Waals surface area contributed by atoms with Crippen LogP contribution in [0.4, 0.5) is 10.1 Å². The van der Waals surface area contributed by atoms with Gasteiger partial charge in [-0.05, 0) is 48.9 Å². The van der Waals surface area contributed by atoms with E-state index in [1.54, 1.807) is 42.5 Å². The Labute approximate surface area is 149 Å². The van der Waals surface area contributed by atoms with Gasteiger partial charge in [-0.15, -0.1) is 0 Å². The van der Waals surface area contributed by atoms with Crippen LogP contribution >= 0.6 is 0 Å². The Morgan fingerprint density at radius 3 is 2.65 bits per heavy atom. The minimum absolute atomic E-state index is 0.194. The predicted octanol–water partition coefficient (Wildman–Crippen LogP) is 4.56. The maximum Gasteiger partial charge on any atom is 0.282 e. The highest BCUT2D eigenvalue weighted by molar-refractivity contribution is 6.33. The fourth-order valence-electron chi connectivity index (χ4n) is 2.85. The first-order valence-electron chi connectivity index (χ1n) is 8.13. The molecule has 5 heteroatoms. The standard InChI is InChI=1S/C21H15FN2O2/c1-14-6-4-7-15(12-14)24-20(17-9-2-3-10-18(17)22)23-19(21(24)25)13-16-8-5-11-26-16/h2-13H,1H3/b19-13+. The third-order valence-electron chi connectivity index (χ3n) is 4.06. The van der Waals surface area contributed by atoms with Crippen molar-refractivity contribution in [3.63, 3.8) is 0 Å². The average Bonchev–Trinajstić information content (AvgIpc) is 3.24. The number of benzene rings is 2. The number of hydrogen-bond donors (Lipinski definition) is 0. The summed E-state index contributed by atoms with van der Waals surface area (Å²) in [4.78, 5) is 18.9. The van der Waals surface area contributed by atoms with Crippen LogP contribution in [0, 0.1) is 12.7 Å². The summed E-state index contributed by atoms with van der Waals surface area (Å²) in [6.07, 6.45) is 3.07. The van der Waals surface area contributed by atoms with Gasteiger partial charge < -0.3 is 4.42 Å². The molecule has 0 atom stereocenters. The second kappa shape index (κ2) is 6.44. The van der Waals surface area contributed by atoms with E-state index in [9.17, 15) is 9.18 Å². The highest BCUT2D eigenvalue weighted by Gasteiger charge is 2.33. The van der Waals surface area contributed by atoms with Gasteiger partial charge in [0.2, 0.25) is 0 Å². The maximum absolute atomic E-state index is 14.4. The van der Waals surface area contributed by atoms with Gasteiger partial charge in [-0.3, -0.25) is 9.69 Å². The number of furan rings is 1. The Bertz CT molecular complexity index is 1040. The zero-order valence-electron chi connectivity index (χ0n) is 14.0. The highest BCUT2D eigenvalue weighted by Crippen LogP contribution is 2.29. The summed E-state index contributed by atoms with van der Waals surface area (Å²) in [6, 6.07) is 17.2. The first kappa shape index (κ1) is 16.0. The van der Waals surface area contributed by atoms with Crippen molar-refractivity contribution in [1.82, 2.24) is 0 Å². The summed E-state index contributed by atoms with van der Waals surface area (Å²) >= 11 is 0. The number of aryl methyl sites for hydroxylation is 1. The van der Waals surface area contributed by atoms with Gasteiger partial charge in [-0.1, -0.05) is 24.3 Å². The van der Waals surface area contributed by atoms with Gasteiger partial charge in [-0.2, -0.15) is 0 Å². The number of carbonyl (C=O) groups excluding carboxylic acids is 1. The molecule has 0 bridgehead atoms. The van der Waals surface area contributed by atoms with Gasteiger partial charge in [-0.25, -0.2) is 9.38 Å². The van der Waals surface area contributed by atoms with E-state index >= 15 is 0 Å². The lowest BCUT2D eigenvalue weighted by atomic mass is 10.1. The molecule has 0 saturated carbocycles. The minimum atomic E-state index is -0.434. The van der Waals surface area contributed by atoms with Crippen LogP contribution < -0.4 is 4.90 Å². The first-order chi connectivity index (χ1) is 12.6. The van der Waals surface area contributed by atoms with Crippen LogP contribution in [0.3, 0.4) is 0 Å². The molecule has 1 aromatic heterocycles. The van der Waals surface area contributed by atoms with Crippen molar-refractivity contribution in [2.24, 2.45) is 4.99 Å². The number of amides is 1. The van der Waals surface area contributed by atoms with Crippen molar-refractivity contribution in [3.8, 4) is 0 Å². The van der Waals surface area contributed by atoms with E-state index in [-0.39, 0.29) is 23.0 Å². The summed E-state index contributed by atoms with van der Waals surface area (Å²) in [7, 11) is 0. The third-order valence-corrected chi connectivity index (χ3v) is 4.06. The fourth-order valence-corrected chi connectivity index (χ4v) is 2.85. The number of amidine groups is 1. The van der Waals surface area contributed by atoms with Crippen molar-refractivity contribution in [2.75, 3.05) is 4.90 Å². The quantitative estimate of drug-likeness (QED) is 0.653. The van der Waals surface area contributed by atoms with Crippen LogP contribution in [0.5, 0.6) is 0 Å². The van der Waals surface area contributed by atoms with Gasteiger partial charge in [0.1, 0.15) is 17.3 Å². The Morgan fingerprint density at radius 1 is 1.08 bits per heavy atom. The number of hydrogen-bond acceptors (Lipinski definition) is 3. The molecule has 0 spiro atoms. The fraction of sp³-hybridized carbons (Fsp3) is 0.0476. The molecule has 3 aromatic rings. The molecular weight excluding hydrogens is 331 g/mol. The van der Waals surface area contributed by atoms with Crippen LogP contribution in [-0.2, 0) is 4.79 Å². The molecule has 2 heterocycles. The van der Waals surface area contributed by atoms with Crippen molar-refractivity contribution >= 4 is 23.5 Å². The number of aliphatic imine (C=N–C) groups is 1. The van der Waals surface area contributed by atoms with Crippen LogP contribution in [-0.4, -0.2) is 11.7 Å². The molecule has 1 amide bonds. The molecule has 1 aliphatic heterocycles. The van der Waals surface area contributed by atoms with Crippen LogP contribution in [0.25, 0.3) is 6.08 Å². The Hall–Kier alpha value is -3.47. The van der Waals surface area contributed by atoms with Crippen molar-refractivity contribution in [3.05, 3.63) is 95.3 Å². The Morgan fingerprint density at radius 2 is 1.92 bits per heavy atom. The molecule has 0 radical (unpaired) electrons. The van der Waals surface area contributed by atoms with Crippen molar-refractivity contribution < 1.29 is 13.6 Å². The van der Waals surface area contributed by atoms with Crippen LogP contribution in [0.2, 0.25) is 0 Å². The van der Waals surface area contributed by atoms with Gasteiger partial charge in [0, 0.05) is 6.08 Å². The lowest BCUT2D eigenvalue weighted by molar-refractivity contribution is -0.113. The Balaban J connectivity index is 1.87. The maximum atomic E-state index is 14.4. The minimum Gasteiger partial charge on any atom is -0.465 e. The lowest BCUT2D eigenvalue weighted by Gasteiger charge is -2.19. The molecule has 2 aromatic carbocycles. The van der Waals surface area contributed by atoms with Gasteiger partial charge >= 0.3 is 0 Å². The van der Waals surface area contributed by atoms with Crippen LogP contribution in [0.1, 0.15) is 16.9 Å². The molecule has 0 fully saturated rings. The highest BCUT2D eigenvalue weighted by atomic mass is 19.1.